The Hall–Kier alpha value is -3.25. The van der Waals surface area contributed by atoms with Crippen LogP contribution >= 0.6 is 0 Å². The lowest BCUT2D eigenvalue weighted by Crippen LogP contribution is -2.55. The van der Waals surface area contributed by atoms with Crippen LogP contribution in [0.1, 0.15) is 38.5 Å². The van der Waals surface area contributed by atoms with Gasteiger partial charge in [0, 0.05) is 20.8 Å². The second kappa shape index (κ2) is 10.2. The molecule has 0 N–H and O–H groups in total. The van der Waals surface area contributed by atoms with Crippen LogP contribution in [0.2, 0.25) is 0 Å². The van der Waals surface area contributed by atoms with E-state index in [0.29, 0.717) is 11.5 Å². The molecule has 12 heteroatoms. The minimum atomic E-state index is -1.13. The molecule has 0 radical (unpaired) electrons. The number of furan rings is 1. The molecule has 0 aromatic carbocycles. The number of carbonyl (C=O) groups is 3. The van der Waals surface area contributed by atoms with Crippen LogP contribution in [0, 0.1) is 0 Å². The van der Waals surface area contributed by atoms with E-state index in [1.807, 2.05) is 0 Å². The van der Waals surface area contributed by atoms with Crippen molar-refractivity contribution >= 4 is 17.9 Å². The van der Waals surface area contributed by atoms with Gasteiger partial charge in [0.2, 0.25) is 0 Å². The van der Waals surface area contributed by atoms with E-state index in [4.69, 9.17) is 28.1 Å². The lowest BCUT2D eigenvalue weighted by molar-refractivity contribution is -0.241. The zero-order chi connectivity index (χ0) is 22.4. The molecular weight excluding hydrogens is 414 g/mol. The SMILES string of the molecule is CC(=O)OC1COC(n2cc(COCc3ccco3)nn2)C(OC(C)=O)C1OC(C)=O. The molecule has 31 heavy (non-hydrogen) atoms. The van der Waals surface area contributed by atoms with Crippen molar-refractivity contribution in [2.75, 3.05) is 6.61 Å². The van der Waals surface area contributed by atoms with E-state index in [-0.39, 0.29) is 19.8 Å². The first-order valence-electron chi connectivity index (χ1n) is 9.47. The second-order valence-corrected chi connectivity index (χ2v) is 6.78. The Balaban J connectivity index is 1.74. The largest absolute Gasteiger partial charge is 0.467 e. The van der Waals surface area contributed by atoms with E-state index in [9.17, 15) is 14.4 Å². The Kier molecular flexibility index (Phi) is 7.36. The fraction of sp³-hybridized carbons (Fsp3) is 0.526. The average molecular weight is 437 g/mol. The number of hydrogen-bond donors (Lipinski definition) is 0. The van der Waals surface area contributed by atoms with Gasteiger partial charge in [-0.2, -0.15) is 0 Å². The van der Waals surface area contributed by atoms with Crippen LogP contribution in [-0.4, -0.2) is 57.8 Å². The Morgan fingerprint density at radius 2 is 1.77 bits per heavy atom. The normalized spacial score (nSPS) is 23.2. The number of nitrogens with zero attached hydrogens (tertiary/aromatic N) is 3. The summed E-state index contributed by atoms with van der Waals surface area (Å²) < 4.78 is 33.7. The maximum absolute atomic E-state index is 11.7. The van der Waals surface area contributed by atoms with Crippen LogP contribution in [-0.2, 0) is 51.3 Å². The summed E-state index contributed by atoms with van der Waals surface area (Å²) in [6.45, 7) is 3.91. The maximum atomic E-state index is 11.7. The van der Waals surface area contributed by atoms with Crippen LogP contribution in [0.25, 0.3) is 0 Å². The first-order valence-corrected chi connectivity index (χ1v) is 9.47. The molecule has 12 nitrogen and oxygen atoms in total. The summed E-state index contributed by atoms with van der Waals surface area (Å²) in [5.74, 6) is -1.20. The third-order valence-corrected chi connectivity index (χ3v) is 4.22. The standard InChI is InChI=1S/C19H23N3O9/c1-11(23)29-16-10-28-19(18(31-13(3)25)17(16)30-12(2)24)22-7-14(20-21-22)8-26-9-15-5-4-6-27-15/h4-7,16-19H,8-10H2,1-3H3. The van der Waals surface area contributed by atoms with Crippen molar-refractivity contribution in [3.63, 3.8) is 0 Å². The molecule has 0 aliphatic carbocycles. The third kappa shape index (κ3) is 6.12. The minimum Gasteiger partial charge on any atom is -0.467 e. The predicted octanol–water partition coefficient (Wildman–Crippen LogP) is 0.912. The van der Waals surface area contributed by atoms with Gasteiger partial charge in [0.15, 0.2) is 24.5 Å². The third-order valence-electron chi connectivity index (χ3n) is 4.22. The zero-order valence-corrected chi connectivity index (χ0v) is 17.3. The first kappa shape index (κ1) is 22.4. The van der Waals surface area contributed by atoms with Crippen molar-refractivity contribution in [3.8, 4) is 0 Å². The molecule has 4 atom stereocenters. The van der Waals surface area contributed by atoms with Crippen LogP contribution in [0.15, 0.2) is 29.0 Å². The van der Waals surface area contributed by atoms with Crippen LogP contribution in [0.4, 0.5) is 0 Å². The molecule has 0 spiro atoms. The maximum Gasteiger partial charge on any atom is 0.303 e. The van der Waals surface area contributed by atoms with Crippen molar-refractivity contribution in [3.05, 3.63) is 36.0 Å². The van der Waals surface area contributed by atoms with E-state index < -0.39 is 42.4 Å². The molecule has 1 saturated heterocycles. The molecule has 2 aromatic rings. The van der Waals surface area contributed by atoms with Gasteiger partial charge in [-0.05, 0) is 12.1 Å². The monoisotopic (exact) mass is 437 g/mol. The van der Waals surface area contributed by atoms with Gasteiger partial charge in [-0.1, -0.05) is 5.21 Å². The molecule has 0 saturated carbocycles. The number of hydrogen-bond acceptors (Lipinski definition) is 11. The van der Waals surface area contributed by atoms with E-state index in [1.54, 1.807) is 24.6 Å². The lowest BCUT2D eigenvalue weighted by Gasteiger charge is -2.40. The fourth-order valence-corrected chi connectivity index (χ4v) is 3.10. The molecule has 1 aliphatic rings. The summed E-state index contributed by atoms with van der Waals surface area (Å²) in [7, 11) is 0. The van der Waals surface area contributed by atoms with Gasteiger partial charge in [0.1, 0.15) is 18.1 Å². The molecule has 1 aliphatic heterocycles. The molecule has 2 aromatic heterocycles. The van der Waals surface area contributed by atoms with Crippen LogP contribution in [0.3, 0.4) is 0 Å². The quantitative estimate of drug-likeness (QED) is 0.430. The summed E-state index contributed by atoms with van der Waals surface area (Å²) in [5.41, 5.74) is 0.489. The minimum absolute atomic E-state index is 0.107. The van der Waals surface area contributed by atoms with Gasteiger partial charge in [-0.25, -0.2) is 4.68 Å². The summed E-state index contributed by atoms with van der Waals surface area (Å²) in [6.07, 6.45) is -1.04. The highest BCUT2D eigenvalue weighted by Crippen LogP contribution is 2.30. The van der Waals surface area contributed by atoms with E-state index in [2.05, 4.69) is 10.3 Å². The number of esters is 3. The predicted molar refractivity (Wildman–Crippen MR) is 98.9 cm³/mol. The number of rotatable bonds is 8. The summed E-state index contributed by atoms with van der Waals surface area (Å²) in [5, 5.41) is 8.03. The molecular formula is C19H23N3O9. The van der Waals surface area contributed by atoms with Gasteiger partial charge in [0.25, 0.3) is 0 Å². The van der Waals surface area contributed by atoms with E-state index >= 15 is 0 Å². The van der Waals surface area contributed by atoms with Crippen LogP contribution in [0.5, 0.6) is 0 Å². The highest BCUT2D eigenvalue weighted by molar-refractivity contribution is 5.68. The average Bonchev–Trinajstić information content (AvgIpc) is 3.36. The smallest absolute Gasteiger partial charge is 0.303 e. The Bertz CT molecular complexity index is 895. The van der Waals surface area contributed by atoms with Crippen molar-refractivity contribution in [2.24, 2.45) is 0 Å². The molecule has 0 bridgehead atoms. The topological polar surface area (TPSA) is 141 Å². The summed E-state index contributed by atoms with van der Waals surface area (Å²) in [4.78, 5) is 34.8. The van der Waals surface area contributed by atoms with Gasteiger partial charge < -0.3 is 28.1 Å². The van der Waals surface area contributed by atoms with Gasteiger partial charge >= 0.3 is 17.9 Å². The molecule has 1 fully saturated rings. The van der Waals surface area contributed by atoms with Crippen molar-refractivity contribution in [2.45, 2.75) is 58.5 Å². The summed E-state index contributed by atoms with van der Waals surface area (Å²) in [6, 6.07) is 3.54. The molecule has 3 heterocycles. The highest BCUT2D eigenvalue weighted by Gasteiger charge is 2.48. The fourth-order valence-electron chi connectivity index (χ4n) is 3.10. The van der Waals surface area contributed by atoms with E-state index in [0.717, 1.165) is 0 Å². The number of aromatic nitrogens is 3. The number of ether oxygens (including phenoxy) is 5. The van der Waals surface area contributed by atoms with Gasteiger partial charge in [-0.3, -0.25) is 14.4 Å². The van der Waals surface area contributed by atoms with Crippen molar-refractivity contribution in [1.82, 2.24) is 15.0 Å². The highest BCUT2D eigenvalue weighted by atomic mass is 16.6. The molecule has 4 unspecified atom stereocenters. The molecule has 3 rings (SSSR count). The second-order valence-electron chi connectivity index (χ2n) is 6.78. The first-order chi connectivity index (χ1) is 14.8. The van der Waals surface area contributed by atoms with Gasteiger partial charge in [0.05, 0.1) is 25.7 Å². The molecule has 0 amide bonds. The van der Waals surface area contributed by atoms with Crippen molar-refractivity contribution < 1.29 is 42.5 Å². The van der Waals surface area contributed by atoms with E-state index in [1.165, 1.54) is 25.5 Å². The summed E-state index contributed by atoms with van der Waals surface area (Å²) >= 11 is 0. The molecule has 168 valence electrons. The number of carbonyl (C=O) groups excluding carboxylic acids is 3. The Labute approximate surface area is 177 Å². The lowest BCUT2D eigenvalue weighted by atomic mass is 10.0. The van der Waals surface area contributed by atoms with Gasteiger partial charge in [-0.15, -0.1) is 5.10 Å². The zero-order valence-electron chi connectivity index (χ0n) is 17.3. The van der Waals surface area contributed by atoms with Crippen molar-refractivity contribution in [1.29, 1.82) is 0 Å². The van der Waals surface area contributed by atoms with Crippen LogP contribution < -0.4 is 0 Å². The Morgan fingerprint density at radius 1 is 1.06 bits per heavy atom. The Morgan fingerprint density at radius 3 is 2.42 bits per heavy atom.